The van der Waals surface area contributed by atoms with Crippen molar-refractivity contribution in [1.82, 2.24) is 15.0 Å². The second-order valence-electron chi connectivity index (χ2n) is 14.7. The van der Waals surface area contributed by atoms with E-state index >= 15 is 0 Å². The molecule has 254 valence electrons. The highest BCUT2D eigenvalue weighted by Crippen LogP contribution is 2.46. The van der Waals surface area contributed by atoms with Gasteiger partial charge in [0.05, 0.1) is 36.2 Å². The average molecular weight is 660 g/mol. The third-order valence-corrected chi connectivity index (χ3v) is 10.2. The summed E-state index contributed by atoms with van der Waals surface area (Å²) in [6, 6.07) is 16.8. The Balaban J connectivity index is 0.000000155. The first-order valence-electron chi connectivity index (χ1n) is 17.3. The Labute approximate surface area is 288 Å². The molecule has 0 unspecified atom stereocenters. The van der Waals surface area contributed by atoms with Crippen molar-refractivity contribution < 1.29 is 19.1 Å². The zero-order valence-electron chi connectivity index (χ0n) is 29.3. The second-order valence-corrected chi connectivity index (χ2v) is 14.7. The van der Waals surface area contributed by atoms with Crippen LogP contribution in [0.15, 0.2) is 67.1 Å². The van der Waals surface area contributed by atoms with Crippen LogP contribution in [-0.4, -0.2) is 65.3 Å². The lowest BCUT2D eigenvalue weighted by atomic mass is 9.85. The van der Waals surface area contributed by atoms with Crippen LogP contribution in [0.4, 0.5) is 11.4 Å². The van der Waals surface area contributed by atoms with Crippen molar-refractivity contribution in [2.75, 3.05) is 36.2 Å². The monoisotopic (exact) mass is 659 g/mol. The summed E-state index contributed by atoms with van der Waals surface area (Å²) in [7, 11) is 0. The Bertz CT molecular complexity index is 1900. The van der Waals surface area contributed by atoms with Gasteiger partial charge in [0, 0.05) is 54.4 Å². The fourth-order valence-corrected chi connectivity index (χ4v) is 6.92. The second kappa shape index (κ2) is 12.8. The van der Waals surface area contributed by atoms with E-state index in [0.717, 1.165) is 69.3 Å². The molecule has 2 aromatic carbocycles. The molecule has 0 atom stereocenters. The van der Waals surface area contributed by atoms with E-state index in [1.54, 1.807) is 0 Å². The zero-order valence-corrected chi connectivity index (χ0v) is 29.3. The van der Waals surface area contributed by atoms with Gasteiger partial charge in [-0.3, -0.25) is 14.6 Å². The minimum absolute atomic E-state index is 0.163. The number of aromatic nitrogens is 3. The summed E-state index contributed by atoms with van der Waals surface area (Å²) in [6.07, 6.45) is 9.17. The van der Waals surface area contributed by atoms with Gasteiger partial charge in [-0.1, -0.05) is 24.3 Å². The molecule has 0 bridgehead atoms. The predicted molar refractivity (Wildman–Crippen MR) is 191 cm³/mol. The molecular formula is C40H45N5O4. The highest BCUT2D eigenvalue weighted by Gasteiger charge is 2.48. The zero-order chi connectivity index (χ0) is 34.5. The molecule has 4 aliphatic rings. The van der Waals surface area contributed by atoms with Crippen LogP contribution in [0.5, 0.6) is 0 Å². The Kier molecular flexibility index (Phi) is 8.61. The average Bonchev–Trinajstić information content (AvgIpc) is 3.84. The summed E-state index contributed by atoms with van der Waals surface area (Å²) in [4.78, 5) is 42.5. The lowest BCUT2D eigenvalue weighted by molar-refractivity contribution is -0.124. The molecule has 9 heteroatoms. The van der Waals surface area contributed by atoms with E-state index < -0.39 is 10.8 Å². The molecule has 1 saturated heterocycles. The van der Waals surface area contributed by atoms with E-state index in [1.807, 2.05) is 76.0 Å². The summed E-state index contributed by atoms with van der Waals surface area (Å²) >= 11 is 0. The number of carbonyl (C=O) groups excluding carboxylic acids is 2. The van der Waals surface area contributed by atoms with Crippen LogP contribution in [-0.2, 0) is 29.9 Å². The van der Waals surface area contributed by atoms with Crippen LogP contribution in [0.25, 0.3) is 22.3 Å². The lowest BCUT2D eigenvalue weighted by Crippen LogP contribution is -2.52. The largest absolute Gasteiger partial charge is 0.378 e. The van der Waals surface area contributed by atoms with E-state index in [-0.39, 0.29) is 17.9 Å². The van der Waals surface area contributed by atoms with Crippen molar-refractivity contribution in [2.45, 2.75) is 83.8 Å². The van der Waals surface area contributed by atoms with Gasteiger partial charge in [0.2, 0.25) is 11.8 Å². The van der Waals surface area contributed by atoms with Crippen molar-refractivity contribution in [3.05, 3.63) is 89.8 Å². The van der Waals surface area contributed by atoms with Crippen LogP contribution in [0, 0.1) is 13.8 Å². The van der Waals surface area contributed by atoms with Crippen molar-refractivity contribution in [1.29, 1.82) is 0 Å². The van der Waals surface area contributed by atoms with Gasteiger partial charge < -0.3 is 19.3 Å². The number of anilines is 2. The molecule has 1 saturated carbocycles. The number of pyridine rings is 1. The van der Waals surface area contributed by atoms with Gasteiger partial charge >= 0.3 is 0 Å². The van der Waals surface area contributed by atoms with E-state index in [0.29, 0.717) is 25.9 Å². The van der Waals surface area contributed by atoms with E-state index in [1.165, 1.54) is 12.8 Å². The molecule has 3 aliphatic heterocycles. The molecule has 2 fully saturated rings. The number of hydrogen-bond donors (Lipinski definition) is 0. The van der Waals surface area contributed by atoms with Gasteiger partial charge in [-0.2, -0.15) is 0 Å². The van der Waals surface area contributed by atoms with Gasteiger partial charge in [-0.25, -0.2) is 9.97 Å². The first-order chi connectivity index (χ1) is 23.4. The van der Waals surface area contributed by atoms with Gasteiger partial charge in [-0.05, 0) is 113 Å². The lowest BCUT2D eigenvalue weighted by Gasteiger charge is -2.35. The maximum absolute atomic E-state index is 13.0. The van der Waals surface area contributed by atoms with Crippen LogP contribution in [0.2, 0.25) is 0 Å². The number of fused-ring (bicyclic) bond motifs is 2. The van der Waals surface area contributed by atoms with E-state index in [9.17, 15) is 9.59 Å². The van der Waals surface area contributed by atoms with Gasteiger partial charge in [0.25, 0.3) is 0 Å². The Morgan fingerprint density at radius 3 is 2.02 bits per heavy atom. The molecular weight excluding hydrogens is 614 g/mol. The minimum atomic E-state index is -0.491. The summed E-state index contributed by atoms with van der Waals surface area (Å²) in [6.45, 7) is 14.5. The van der Waals surface area contributed by atoms with Crippen LogP contribution >= 0.6 is 0 Å². The van der Waals surface area contributed by atoms with Crippen LogP contribution in [0.3, 0.4) is 0 Å². The van der Waals surface area contributed by atoms with Gasteiger partial charge in [0.15, 0.2) is 0 Å². The number of aryl methyl sites for hydroxylation is 2. The first kappa shape index (κ1) is 33.0. The smallest absolute Gasteiger partial charge is 0.237 e. The third kappa shape index (κ3) is 6.26. The SMILES string of the molecule is Cc1cc(-c2ccc3c(c2)N(C2COC2)C(=O)C3(C)C)ccn1.Cc1ncc(-c2ccc3c(c2)N(CCCOC2CC2)C(=O)C3(C)C)cn1. The highest BCUT2D eigenvalue weighted by molar-refractivity contribution is 6.09. The van der Waals surface area contributed by atoms with Crippen LogP contribution < -0.4 is 9.80 Å². The molecule has 5 heterocycles. The normalized spacial score (nSPS) is 18.9. The van der Waals surface area contributed by atoms with Crippen molar-refractivity contribution in [3.63, 3.8) is 0 Å². The van der Waals surface area contributed by atoms with Crippen molar-refractivity contribution in [2.24, 2.45) is 0 Å². The molecule has 1 aliphatic carbocycles. The predicted octanol–water partition coefficient (Wildman–Crippen LogP) is 6.73. The summed E-state index contributed by atoms with van der Waals surface area (Å²) in [5.41, 5.74) is 8.49. The van der Waals surface area contributed by atoms with E-state index in [2.05, 4.69) is 57.4 Å². The molecule has 0 spiro atoms. The summed E-state index contributed by atoms with van der Waals surface area (Å²) in [5, 5.41) is 0. The Hall–Kier alpha value is -4.47. The first-order valence-corrected chi connectivity index (χ1v) is 17.3. The van der Waals surface area contributed by atoms with E-state index in [4.69, 9.17) is 9.47 Å². The molecule has 2 aromatic heterocycles. The highest BCUT2D eigenvalue weighted by atomic mass is 16.5. The quantitative estimate of drug-likeness (QED) is 0.194. The fourth-order valence-electron chi connectivity index (χ4n) is 6.92. The molecule has 2 amide bonds. The molecule has 0 radical (unpaired) electrons. The summed E-state index contributed by atoms with van der Waals surface area (Å²) < 4.78 is 11.0. The maximum atomic E-state index is 13.0. The molecule has 0 N–H and O–H groups in total. The molecule has 8 rings (SSSR count). The van der Waals surface area contributed by atoms with Crippen molar-refractivity contribution in [3.8, 4) is 22.3 Å². The maximum Gasteiger partial charge on any atom is 0.237 e. The Morgan fingerprint density at radius 2 is 1.39 bits per heavy atom. The standard InChI is InChI=1S/C21H25N3O2.C19H20N2O2/c1-14-22-12-16(13-23-14)15-5-8-18-19(11-15)24(20(25)21(18,2)3)9-4-10-26-17-6-7-17;1-12-8-14(6-7-20-12)13-4-5-16-17(9-13)21(15-10-23-11-15)18(22)19(16,2)3/h5,8,11-13,17H,4,6-7,9-10H2,1-3H3;4-9,15H,10-11H2,1-3H3. The minimum Gasteiger partial charge on any atom is -0.378 e. The van der Waals surface area contributed by atoms with Crippen molar-refractivity contribution >= 4 is 23.2 Å². The number of benzene rings is 2. The van der Waals surface area contributed by atoms with Gasteiger partial charge in [-0.15, -0.1) is 0 Å². The number of nitrogens with zero attached hydrogens (tertiary/aromatic N) is 5. The topological polar surface area (TPSA) is 97.8 Å². The number of carbonyl (C=O) groups is 2. The molecule has 49 heavy (non-hydrogen) atoms. The third-order valence-electron chi connectivity index (χ3n) is 10.2. The number of amides is 2. The number of hydrogen-bond acceptors (Lipinski definition) is 7. The Morgan fingerprint density at radius 1 is 0.776 bits per heavy atom. The summed E-state index contributed by atoms with van der Waals surface area (Å²) in [5.74, 6) is 1.09. The fraction of sp³-hybridized carbons (Fsp3) is 0.425. The number of rotatable bonds is 8. The van der Waals surface area contributed by atoms with Crippen LogP contribution in [0.1, 0.15) is 69.6 Å². The molecule has 9 nitrogen and oxygen atoms in total. The number of ether oxygens (including phenoxy) is 2. The molecule has 4 aromatic rings. The van der Waals surface area contributed by atoms with Gasteiger partial charge in [0.1, 0.15) is 5.82 Å².